The molecule has 19 heavy (non-hydrogen) atoms. The third-order valence-electron chi connectivity index (χ3n) is 2.37. The Morgan fingerprint density at radius 2 is 2.21 bits per heavy atom. The van der Waals surface area contributed by atoms with Crippen molar-refractivity contribution >= 4 is 21.7 Å². The molecule has 0 atom stereocenters. The highest BCUT2D eigenvalue weighted by atomic mass is 32.2. The Morgan fingerprint density at radius 1 is 1.37 bits per heavy atom. The lowest BCUT2D eigenvalue weighted by molar-refractivity contribution is 0.600. The summed E-state index contributed by atoms with van der Waals surface area (Å²) in [5, 5.41) is 3.06. The molecule has 102 valence electrons. The van der Waals surface area contributed by atoms with Crippen molar-refractivity contribution in [2.75, 3.05) is 16.6 Å². The highest BCUT2D eigenvalue weighted by Crippen LogP contribution is 2.21. The van der Waals surface area contributed by atoms with Crippen molar-refractivity contribution in [3.8, 4) is 0 Å². The van der Waals surface area contributed by atoms with E-state index in [-0.39, 0.29) is 10.8 Å². The first-order chi connectivity index (χ1) is 9.13. The maximum atomic E-state index is 12.2. The van der Waals surface area contributed by atoms with Crippen molar-refractivity contribution in [3.05, 3.63) is 30.9 Å². The summed E-state index contributed by atoms with van der Waals surface area (Å²) < 4.78 is 26.8. The quantitative estimate of drug-likeness (QED) is 0.743. The zero-order valence-electron chi connectivity index (χ0n) is 10.4. The molecular formula is C11H15N5O2S. The lowest BCUT2D eigenvalue weighted by Crippen LogP contribution is -2.16. The van der Waals surface area contributed by atoms with E-state index < -0.39 is 10.0 Å². The second kappa shape index (κ2) is 5.70. The minimum Gasteiger partial charge on any atom is -0.384 e. The second-order valence-electron chi connectivity index (χ2n) is 3.84. The summed E-state index contributed by atoms with van der Waals surface area (Å²) in [5.74, 6) is 0.172. The summed E-state index contributed by atoms with van der Waals surface area (Å²) in [6, 6.07) is 1.63. The first-order valence-electron chi connectivity index (χ1n) is 5.83. The molecule has 8 heteroatoms. The smallest absolute Gasteiger partial charge is 0.267 e. The first-order valence-corrected chi connectivity index (χ1v) is 7.32. The van der Waals surface area contributed by atoms with Crippen molar-refractivity contribution in [2.24, 2.45) is 0 Å². The maximum Gasteiger partial charge on any atom is 0.267 e. The van der Waals surface area contributed by atoms with Gasteiger partial charge < -0.3 is 10.3 Å². The van der Waals surface area contributed by atoms with Gasteiger partial charge in [0.2, 0.25) is 5.95 Å². The molecule has 3 N–H and O–H groups in total. The fraction of sp³-hybridized carbons (Fsp3) is 0.273. The molecule has 0 unspecified atom stereocenters. The van der Waals surface area contributed by atoms with Gasteiger partial charge in [-0.25, -0.2) is 18.1 Å². The standard InChI is InChI=1S/C11H15N5O2S/c1-2-4-13-9-3-5-12-8-10(9)19(17,18)16-11-14-6-7-15-11/h3,5-8H,2,4H2,1H3,(H,12,13)(H2,14,15,16). The third kappa shape index (κ3) is 3.22. The fourth-order valence-electron chi connectivity index (χ4n) is 1.50. The van der Waals surface area contributed by atoms with Crippen molar-refractivity contribution in [2.45, 2.75) is 18.2 Å². The molecule has 0 saturated heterocycles. The van der Waals surface area contributed by atoms with Crippen LogP contribution in [0.2, 0.25) is 0 Å². The number of nitrogens with zero attached hydrogens (tertiary/aromatic N) is 2. The number of rotatable bonds is 6. The average Bonchev–Trinajstić information content (AvgIpc) is 2.88. The number of nitrogens with one attached hydrogen (secondary N) is 3. The van der Waals surface area contributed by atoms with Gasteiger partial charge in [-0.05, 0) is 12.5 Å². The molecule has 0 amide bonds. The molecule has 0 bridgehead atoms. The minimum atomic E-state index is -3.71. The molecule has 2 aromatic heterocycles. The van der Waals surface area contributed by atoms with Gasteiger partial charge in [0.15, 0.2) is 0 Å². The lowest BCUT2D eigenvalue weighted by atomic mass is 10.4. The van der Waals surface area contributed by atoms with E-state index in [0.29, 0.717) is 12.2 Å². The summed E-state index contributed by atoms with van der Waals surface area (Å²) in [4.78, 5) is 10.5. The van der Waals surface area contributed by atoms with Crippen LogP contribution in [0.3, 0.4) is 0 Å². The van der Waals surface area contributed by atoms with Gasteiger partial charge in [0.05, 0.1) is 5.69 Å². The molecule has 7 nitrogen and oxygen atoms in total. The Bertz CT molecular complexity index is 624. The van der Waals surface area contributed by atoms with E-state index in [4.69, 9.17) is 0 Å². The summed E-state index contributed by atoms with van der Waals surface area (Å²) in [6.07, 6.45) is 6.76. The van der Waals surface area contributed by atoms with Crippen LogP contribution in [0.1, 0.15) is 13.3 Å². The predicted molar refractivity (Wildman–Crippen MR) is 72.4 cm³/mol. The Labute approximate surface area is 111 Å². The van der Waals surface area contributed by atoms with Crippen molar-refractivity contribution in [1.82, 2.24) is 15.0 Å². The molecule has 0 aliphatic heterocycles. The number of H-pyrrole nitrogens is 1. The number of sulfonamides is 1. The van der Waals surface area contributed by atoms with E-state index in [0.717, 1.165) is 6.42 Å². The zero-order chi connectivity index (χ0) is 13.7. The number of anilines is 2. The summed E-state index contributed by atoms with van der Waals surface area (Å²) in [5.41, 5.74) is 0.524. The largest absolute Gasteiger partial charge is 0.384 e. The molecule has 0 aliphatic carbocycles. The van der Waals surface area contributed by atoms with E-state index in [9.17, 15) is 8.42 Å². The van der Waals surface area contributed by atoms with Crippen LogP contribution in [0.15, 0.2) is 35.7 Å². The highest BCUT2D eigenvalue weighted by molar-refractivity contribution is 7.92. The summed E-state index contributed by atoms with van der Waals surface area (Å²) in [7, 11) is -3.71. The second-order valence-corrected chi connectivity index (χ2v) is 5.49. The van der Waals surface area contributed by atoms with E-state index in [1.807, 2.05) is 6.92 Å². The fourth-order valence-corrected chi connectivity index (χ4v) is 2.61. The van der Waals surface area contributed by atoms with E-state index >= 15 is 0 Å². The monoisotopic (exact) mass is 281 g/mol. The van der Waals surface area contributed by atoms with Gasteiger partial charge >= 0.3 is 0 Å². The lowest BCUT2D eigenvalue weighted by Gasteiger charge is -2.11. The van der Waals surface area contributed by atoms with Crippen LogP contribution in [0.25, 0.3) is 0 Å². The van der Waals surface area contributed by atoms with Crippen LogP contribution in [-0.4, -0.2) is 29.9 Å². The van der Waals surface area contributed by atoms with Gasteiger partial charge in [-0.3, -0.25) is 4.98 Å². The molecule has 0 saturated carbocycles. The molecule has 0 aromatic carbocycles. The topological polar surface area (TPSA) is 99.8 Å². The predicted octanol–water partition coefficient (Wildman–Crippen LogP) is 1.43. The van der Waals surface area contributed by atoms with Crippen LogP contribution in [0.5, 0.6) is 0 Å². The molecular weight excluding hydrogens is 266 g/mol. The number of hydrogen-bond donors (Lipinski definition) is 3. The van der Waals surface area contributed by atoms with E-state index in [1.165, 1.54) is 18.6 Å². The molecule has 0 aliphatic rings. The van der Waals surface area contributed by atoms with Gasteiger partial charge in [-0.2, -0.15) is 0 Å². The summed E-state index contributed by atoms with van der Waals surface area (Å²) >= 11 is 0. The first kappa shape index (κ1) is 13.3. The van der Waals surface area contributed by atoms with Gasteiger partial charge in [-0.15, -0.1) is 0 Å². The van der Waals surface area contributed by atoms with Crippen molar-refractivity contribution < 1.29 is 8.42 Å². The van der Waals surface area contributed by atoms with E-state index in [2.05, 4.69) is 25.0 Å². The maximum absolute atomic E-state index is 12.2. The van der Waals surface area contributed by atoms with Crippen LogP contribution >= 0.6 is 0 Å². The normalized spacial score (nSPS) is 11.2. The van der Waals surface area contributed by atoms with Crippen LogP contribution in [-0.2, 0) is 10.0 Å². The summed E-state index contributed by atoms with van der Waals surface area (Å²) in [6.45, 7) is 2.69. The Kier molecular flexibility index (Phi) is 4.00. The number of pyridine rings is 1. The third-order valence-corrected chi connectivity index (χ3v) is 3.74. The van der Waals surface area contributed by atoms with Gasteiger partial charge in [0, 0.05) is 31.3 Å². The Balaban J connectivity index is 2.29. The molecule has 2 heterocycles. The van der Waals surface area contributed by atoms with Crippen LogP contribution in [0.4, 0.5) is 11.6 Å². The Hall–Kier alpha value is -2.09. The molecule has 2 aromatic rings. The van der Waals surface area contributed by atoms with Crippen LogP contribution in [0, 0.1) is 0 Å². The minimum absolute atomic E-state index is 0.0971. The molecule has 0 radical (unpaired) electrons. The molecule has 0 fully saturated rings. The number of aromatic nitrogens is 3. The molecule has 2 rings (SSSR count). The highest BCUT2D eigenvalue weighted by Gasteiger charge is 2.19. The van der Waals surface area contributed by atoms with Gasteiger partial charge in [0.1, 0.15) is 4.90 Å². The number of aromatic amines is 1. The van der Waals surface area contributed by atoms with Crippen LogP contribution < -0.4 is 10.0 Å². The SMILES string of the molecule is CCCNc1ccncc1S(=O)(=O)Nc1ncc[nH]1. The number of hydrogen-bond acceptors (Lipinski definition) is 5. The molecule has 0 spiro atoms. The Morgan fingerprint density at radius 3 is 2.89 bits per heavy atom. The van der Waals surface area contributed by atoms with Gasteiger partial charge in [-0.1, -0.05) is 6.92 Å². The van der Waals surface area contributed by atoms with Gasteiger partial charge in [0.25, 0.3) is 10.0 Å². The van der Waals surface area contributed by atoms with E-state index in [1.54, 1.807) is 12.3 Å². The number of imidazole rings is 1. The van der Waals surface area contributed by atoms with Crippen molar-refractivity contribution in [1.29, 1.82) is 0 Å². The average molecular weight is 281 g/mol. The zero-order valence-corrected chi connectivity index (χ0v) is 11.2. The van der Waals surface area contributed by atoms with Crippen molar-refractivity contribution in [3.63, 3.8) is 0 Å².